The SMILES string of the molecule is COCCOCCCNC(=O)O[C@H](c1ccccc1)[C@@H]1NC(=O)c2nc(sc2C)[C@H](CC(N)=O)NC(=O)c2csc(n2)-c2ccc(-c3nc(C(N)=O)cs3)nc2-c2csc(n2)-c2csc(n2)[C@@H]2[C@@H](C)[C@@H](O)CN2C(=O)[C@H](Cc2ccc(O)cc2)NC(=O)c2csc1n2. The summed E-state index contributed by atoms with van der Waals surface area (Å²) in [6.07, 6.45) is -3.25. The van der Waals surface area contributed by atoms with Crippen molar-refractivity contribution in [2.45, 2.75) is 69.5 Å². The number of benzene rings is 2. The van der Waals surface area contributed by atoms with Gasteiger partial charge in [-0.15, -0.1) is 68.0 Å². The second-order valence-electron chi connectivity index (χ2n) is 21.2. The minimum Gasteiger partial charge on any atom is -0.508 e. The molecule has 7 amide bonds. The van der Waals surface area contributed by atoms with Gasteiger partial charge in [0.15, 0.2) is 6.10 Å². The van der Waals surface area contributed by atoms with Gasteiger partial charge in [-0.25, -0.2) is 39.7 Å². The Morgan fingerprint density at radius 1 is 0.696 bits per heavy atom. The highest BCUT2D eigenvalue weighted by molar-refractivity contribution is 7.15. The normalized spacial score (nSPS) is 18.9. The van der Waals surface area contributed by atoms with E-state index in [1.165, 1.54) is 55.8 Å². The summed E-state index contributed by atoms with van der Waals surface area (Å²) >= 11 is 6.81. The third-order valence-electron chi connectivity index (χ3n) is 14.8. The molecule has 0 aliphatic carbocycles. The summed E-state index contributed by atoms with van der Waals surface area (Å²) < 4.78 is 16.8. The number of alkyl carbamates (subject to hydrolysis) is 1. The predicted molar refractivity (Wildman–Crippen MR) is 344 cm³/mol. The Bertz CT molecular complexity index is 4190. The fourth-order valence-electron chi connectivity index (χ4n) is 10.2. The topological polar surface area (TPSA) is 381 Å². The monoisotopic (exact) mass is 1360 g/mol. The number of phenols is 1. The molecule has 2 aromatic carbocycles. The molecular weight excluding hydrogens is 1300 g/mol. The smallest absolute Gasteiger partial charge is 0.407 e. The maximum atomic E-state index is 15.3. The Kier molecular flexibility index (Phi) is 20.2. The number of amides is 7. The summed E-state index contributed by atoms with van der Waals surface area (Å²) in [6.45, 7) is 4.54. The third kappa shape index (κ3) is 14.7. The van der Waals surface area contributed by atoms with Crippen LogP contribution in [0.4, 0.5) is 4.79 Å². The van der Waals surface area contributed by atoms with E-state index in [1.807, 2.05) is 6.92 Å². The van der Waals surface area contributed by atoms with Gasteiger partial charge in [0.25, 0.3) is 23.6 Å². The number of carbonyl (C=O) groups is 7. The Morgan fingerprint density at radius 3 is 2.12 bits per heavy atom. The van der Waals surface area contributed by atoms with Crippen molar-refractivity contribution >= 4 is 110 Å². The van der Waals surface area contributed by atoms with Gasteiger partial charge in [-0.05, 0) is 48.7 Å². The summed E-state index contributed by atoms with van der Waals surface area (Å²) in [7, 11) is 1.56. The lowest BCUT2D eigenvalue weighted by atomic mass is 10.00. The quantitative estimate of drug-likeness (QED) is 0.0444. The first-order valence-corrected chi connectivity index (χ1v) is 33.7. The van der Waals surface area contributed by atoms with Gasteiger partial charge in [0, 0.05) is 76.5 Å². The maximum absolute atomic E-state index is 15.3. The number of thiazole rings is 6. The van der Waals surface area contributed by atoms with Crippen LogP contribution in [0.15, 0.2) is 93.6 Å². The van der Waals surface area contributed by atoms with Crippen LogP contribution >= 0.6 is 68.0 Å². The number of aromatic hydroxyl groups is 1. The average molecular weight is 1360 g/mol. The molecule has 26 nitrogen and oxygen atoms in total. The number of nitrogens with zero attached hydrogens (tertiary/aromatic N) is 8. The first-order chi connectivity index (χ1) is 44.4. The first-order valence-electron chi connectivity index (χ1n) is 28.5. The van der Waals surface area contributed by atoms with E-state index in [0.29, 0.717) is 90.6 Å². The number of primary amides is 2. The number of rotatable bonds is 16. The standard InChI is InChI=1S/C60H58N14O12S6/c1-28-42(76)22-74-47(28)58-71-41(27-91-58)55-67-37(23-88-55)45-33(14-15-34(64-45)54-68-38(24-89-54)49(62)78)53-69-39(25-87-53)50(79)65-35(21-43(61)77)56-73-44(29(2)92-56)52(81)72-46(48(31-8-5-4-6-9-31)86-60(83)63-16-7-17-85-19-18-84-3)57-70-40(26-90-57)51(80)66-36(59(74)82)20-30-10-12-32(75)13-11-30/h4-6,8-15,23-28,35-36,42,46-48,75-76H,7,16-22H2,1-3H3,(H2,61,77)(H2,62,78)(H,63,83)(H,65,79)(H,66,80)(H,72,81)/t28-,35-,36-,42-,46-,47-,48+/m0/s1. The average Bonchev–Trinajstić information content (AvgIpc) is 1.62. The van der Waals surface area contributed by atoms with Crippen molar-refractivity contribution in [3.05, 3.63) is 147 Å². The van der Waals surface area contributed by atoms with Crippen LogP contribution in [-0.2, 0) is 30.2 Å². The summed E-state index contributed by atoms with van der Waals surface area (Å²) in [5, 5.41) is 43.3. The van der Waals surface area contributed by atoms with Gasteiger partial charge in [-0.3, -0.25) is 28.8 Å². The molecule has 0 radical (unpaired) electrons. The number of ether oxygens (including phenoxy) is 3. The zero-order valence-corrected chi connectivity index (χ0v) is 54.0. The molecule has 10 N–H and O–H groups in total. The van der Waals surface area contributed by atoms with Crippen molar-refractivity contribution in [1.29, 1.82) is 0 Å². The molecule has 0 spiro atoms. The Balaban J connectivity index is 1.01. The lowest BCUT2D eigenvalue weighted by Gasteiger charge is -2.29. The highest BCUT2D eigenvalue weighted by Gasteiger charge is 2.46. The van der Waals surface area contributed by atoms with Crippen molar-refractivity contribution < 1.29 is 58.0 Å². The third-order valence-corrected chi connectivity index (χ3v) is 20.4. The zero-order valence-electron chi connectivity index (χ0n) is 49.1. The summed E-state index contributed by atoms with van der Waals surface area (Å²) in [5.41, 5.74) is 14.1. The van der Waals surface area contributed by atoms with Crippen LogP contribution in [0.1, 0.15) is 117 Å². The molecule has 0 saturated carbocycles. The van der Waals surface area contributed by atoms with Crippen molar-refractivity contribution in [2.75, 3.05) is 40.0 Å². The number of nitrogens with one attached hydrogen (secondary N) is 4. The van der Waals surface area contributed by atoms with Gasteiger partial charge in [-0.2, -0.15) is 0 Å². The largest absolute Gasteiger partial charge is 0.508 e. The minimum absolute atomic E-state index is 0.0191. The van der Waals surface area contributed by atoms with E-state index in [2.05, 4.69) is 31.2 Å². The molecule has 10 bridgehead atoms. The predicted octanol–water partition coefficient (Wildman–Crippen LogP) is 7.17. The van der Waals surface area contributed by atoms with Gasteiger partial charge in [0.2, 0.25) is 11.8 Å². The van der Waals surface area contributed by atoms with E-state index in [-0.39, 0.29) is 58.1 Å². The molecule has 9 heterocycles. The van der Waals surface area contributed by atoms with Crippen molar-refractivity contribution in [3.8, 4) is 49.1 Å². The van der Waals surface area contributed by atoms with E-state index in [9.17, 15) is 39.0 Å². The van der Waals surface area contributed by atoms with Crippen LogP contribution in [0.2, 0.25) is 0 Å². The number of hydrogen-bond acceptors (Lipinski definition) is 25. The first kappa shape index (κ1) is 64.7. The molecule has 1 saturated heterocycles. The molecule has 92 heavy (non-hydrogen) atoms. The molecule has 2 aliphatic rings. The van der Waals surface area contributed by atoms with Crippen LogP contribution in [0.25, 0.3) is 43.4 Å². The van der Waals surface area contributed by atoms with E-state index in [0.717, 1.165) is 45.3 Å². The van der Waals surface area contributed by atoms with Crippen LogP contribution in [0.3, 0.4) is 0 Å². The molecule has 7 aromatic heterocycles. The van der Waals surface area contributed by atoms with Crippen molar-refractivity contribution in [1.82, 2.24) is 61.1 Å². The van der Waals surface area contributed by atoms with Crippen LogP contribution < -0.4 is 32.7 Å². The van der Waals surface area contributed by atoms with E-state index in [4.69, 9.17) is 50.6 Å². The molecule has 2 aliphatic heterocycles. The summed E-state index contributed by atoms with van der Waals surface area (Å²) in [4.78, 5) is 134. The number of aliphatic hydroxyl groups excluding tert-OH is 1. The van der Waals surface area contributed by atoms with E-state index >= 15 is 4.79 Å². The minimum atomic E-state index is -1.34. The Hall–Kier alpha value is -8.86. The van der Waals surface area contributed by atoms with Gasteiger partial charge < -0.3 is 62.1 Å². The summed E-state index contributed by atoms with van der Waals surface area (Å²) in [6, 6.07) is 13.6. The second-order valence-corrected chi connectivity index (χ2v) is 26.8. The number of methoxy groups -OCH3 is 1. The molecule has 0 unspecified atom stereocenters. The van der Waals surface area contributed by atoms with Crippen LogP contribution in [0.5, 0.6) is 5.75 Å². The van der Waals surface area contributed by atoms with E-state index < -0.39 is 90.3 Å². The number of aromatic nitrogens is 7. The van der Waals surface area contributed by atoms with Gasteiger partial charge >= 0.3 is 6.09 Å². The molecule has 32 heteroatoms. The van der Waals surface area contributed by atoms with Gasteiger partial charge in [-0.1, -0.05) is 49.4 Å². The fourth-order valence-corrected chi connectivity index (χ4v) is 15.5. The number of aliphatic hydroxyl groups is 1. The highest BCUT2D eigenvalue weighted by Crippen LogP contribution is 2.43. The molecule has 1 fully saturated rings. The number of pyridine rings is 1. The maximum Gasteiger partial charge on any atom is 0.407 e. The second kappa shape index (κ2) is 28.8. The van der Waals surface area contributed by atoms with E-state index in [1.54, 1.807) is 79.4 Å². The molecule has 7 atom stereocenters. The lowest BCUT2D eigenvalue weighted by Crippen LogP contribution is -2.50. The van der Waals surface area contributed by atoms with Crippen molar-refractivity contribution in [2.24, 2.45) is 17.4 Å². The lowest BCUT2D eigenvalue weighted by molar-refractivity contribution is -0.134. The van der Waals surface area contributed by atoms with Crippen LogP contribution in [0, 0.1) is 12.8 Å². The molecule has 11 rings (SSSR count). The fraction of sp³-hybridized carbons (Fsp3) is 0.300. The Labute approximate surface area is 548 Å². The summed E-state index contributed by atoms with van der Waals surface area (Å²) in [5.74, 6) is -4.90. The number of nitrogens with two attached hydrogens (primary N) is 2. The number of hydrogen-bond donors (Lipinski definition) is 8. The van der Waals surface area contributed by atoms with Gasteiger partial charge in [0.05, 0.1) is 43.5 Å². The number of phenolic OH excluding ortho intramolecular Hbond substituents is 1. The number of carbonyl (C=O) groups excluding carboxylic acids is 7. The van der Waals surface area contributed by atoms with Crippen molar-refractivity contribution in [3.63, 3.8) is 0 Å². The van der Waals surface area contributed by atoms with Gasteiger partial charge in [0.1, 0.15) is 87.7 Å². The number of aryl methyl sites for hydroxylation is 1. The Morgan fingerprint density at radius 2 is 1.37 bits per heavy atom. The number of fused-ring (bicyclic) bond motifs is 16. The zero-order chi connectivity index (χ0) is 64.7. The molecule has 476 valence electrons. The van der Waals surface area contributed by atoms with Crippen LogP contribution in [-0.4, -0.2) is 144 Å². The highest BCUT2D eigenvalue weighted by atomic mass is 32.1. The molecular formula is C60H58N14O12S6. The molecule has 9 aromatic rings.